The van der Waals surface area contributed by atoms with Crippen molar-refractivity contribution in [3.05, 3.63) is 64.8 Å². The third-order valence-electron chi connectivity index (χ3n) is 4.74. The molecule has 158 valence electrons. The number of hydrogen-bond acceptors (Lipinski definition) is 6. The van der Waals surface area contributed by atoms with Crippen molar-refractivity contribution in [2.45, 2.75) is 12.5 Å². The molecular weight excluding hydrogens is 466 g/mol. The highest BCUT2D eigenvalue weighted by Crippen LogP contribution is 2.27. The van der Waals surface area contributed by atoms with Crippen molar-refractivity contribution in [2.75, 3.05) is 5.32 Å². The van der Waals surface area contributed by atoms with Crippen LogP contribution in [-0.2, 0) is 18.3 Å². The zero-order chi connectivity index (χ0) is 22.0. The van der Waals surface area contributed by atoms with Crippen molar-refractivity contribution in [1.82, 2.24) is 30.0 Å². The van der Waals surface area contributed by atoms with Gasteiger partial charge in [-0.3, -0.25) is 9.48 Å². The van der Waals surface area contributed by atoms with Gasteiger partial charge in [0.25, 0.3) is 5.91 Å². The van der Waals surface area contributed by atoms with Crippen LogP contribution in [0.1, 0.15) is 16.1 Å². The van der Waals surface area contributed by atoms with Gasteiger partial charge in [0.2, 0.25) is 0 Å². The molecule has 0 fully saturated rings. The maximum atomic E-state index is 13.0. The zero-order valence-corrected chi connectivity index (χ0v) is 17.9. The van der Waals surface area contributed by atoms with Gasteiger partial charge < -0.3 is 20.7 Å². The molecule has 4 aromatic rings. The number of halogens is 1. The van der Waals surface area contributed by atoms with Crippen molar-refractivity contribution in [3.63, 3.8) is 0 Å². The van der Waals surface area contributed by atoms with Gasteiger partial charge in [-0.15, -0.1) is 0 Å². The highest BCUT2D eigenvalue weighted by molar-refractivity contribution is 9.10. The molecule has 4 N–H and O–H groups in total. The molecular formula is C20H18BrN7O3. The minimum absolute atomic E-state index is 0.0968. The van der Waals surface area contributed by atoms with Crippen LogP contribution in [0.4, 0.5) is 11.5 Å². The topological polar surface area (TPSA) is 138 Å². The Balaban J connectivity index is 1.63. The first kappa shape index (κ1) is 20.5. The predicted molar refractivity (Wildman–Crippen MR) is 117 cm³/mol. The van der Waals surface area contributed by atoms with Crippen LogP contribution < -0.4 is 10.6 Å². The van der Waals surface area contributed by atoms with E-state index in [1.54, 1.807) is 24.0 Å². The summed E-state index contributed by atoms with van der Waals surface area (Å²) in [6.45, 7) is 0. The molecule has 0 aliphatic heterocycles. The van der Waals surface area contributed by atoms with Crippen LogP contribution in [0.2, 0.25) is 0 Å². The third kappa shape index (κ3) is 4.40. The lowest BCUT2D eigenvalue weighted by atomic mass is 10.1. The Kier molecular flexibility index (Phi) is 5.67. The number of H-pyrrole nitrogens is 1. The highest BCUT2D eigenvalue weighted by atomic mass is 79.9. The van der Waals surface area contributed by atoms with Crippen molar-refractivity contribution in [3.8, 4) is 0 Å². The number of carbonyl (C=O) groups is 2. The molecule has 0 aliphatic rings. The van der Waals surface area contributed by atoms with E-state index in [2.05, 4.69) is 46.6 Å². The van der Waals surface area contributed by atoms with Gasteiger partial charge in [-0.25, -0.2) is 14.8 Å². The number of aromatic amines is 1. The van der Waals surface area contributed by atoms with Crippen LogP contribution in [0.5, 0.6) is 0 Å². The summed E-state index contributed by atoms with van der Waals surface area (Å²) < 4.78 is 2.45. The van der Waals surface area contributed by atoms with E-state index in [-0.39, 0.29) is 12.0 Å². The van der Waals surface area contributed by atoms with Crippen molar-refractivity contribution >= 4 is 50.3 Å². The first-order valence-electron chi connectivity index (χ1n) is 9.27. The number of anilines is 2. The normalized spacial score (nSPS) is 11.9. The highest BCUT2D eigenvalue weighted by Gasteiger charge is 2.25. The molecule has 1 atom stereocenters. The molecule has 10 nitrogen and oxygen atoms in total. The van der Waals surface area contributed by atoms with Gasteiger partial charge >= 0.3 is 5.97 Å². The number of nitrogens with zero attached hydrogens (tertiary/aromatic N) is 4. The van der Waals surface area contributed by atoms with Crippen LogP contribution >= 0.6 is 15.9 Å². The zero-order valence-electron chi connectivity index (χ0n) is 16.3. The SMILES string of the molecule is Cn1nccc1CC(NC(=O)c1c[nH]c2ncnc(Nc3cccc(Br)c3)c12)C(=O)O. The van der Waals surface area contributed by atoms with Gasteiger partial charge in [-0.05, 0) is 24.3 Å². The van der Waals surface area contributed by atoms with Crippen molar-refractivity contribution in [2.24, 2.45) is 7.05 Å². The lowest BCUT2D eigenvalue weighted by Gasteiger charge is -2.15. The van der Waals surface area contributed by atoms with E-state index in [0.29, 0.717) is 22.5 Å². The molecule has 11 heteroatoms. The molecule has 31 heavy (non-hydrogen) atoms. The summed E-state index contributed by atoms with van der Waals surface area (Å²) in [5.41, 5.74) is 2.15. The molecule has 1 unspecified atom stereocenters. The second-order valence-electron chi connectivity index (χ2n) is 6.80. The predicted octanol–water partition coefficient (Wildman–Crippen LogP) is 2.62. The van der Waals surface area contributed by atoms with E-state index >= 15 is 0 Å². The molecule has 1 amide bonds. The number of benzene rings is 1. The number of nitrogens with one attached hydrogen (secondary N) is 3. The minimum Gasteiger partial charge on any atom is -0.480 e. The number of fused-ring (bicyclic) bond motifs is 1. The van der Waals surface area contributed by atoms with Crippen LogP contribution in [0.15, 0.2) is 53.5 Å². The molecule has 0 saturated heterocycles. The maximum Gasteiger partial charge on any atom is 0.326 e. The van der Waals surface area contributed by atoms with Gasteiger partial charge in [0, 0.05) is 41.7 Å². The quantitative estimate of drug-likeness (QED) is 0.316. The second kappa shape index (κ2) is 8.56. The largest absolute Gasteiger partial charge is 0.480 e. The van der Waals surface area contributed by atoms with E-state index in [0.717, 1.165) is 10.2 Å². The minimum atomic E-state index is -1.14. The number of carboxylic acid groups (broad SMARTS) is 1. The van der Waals surface area contributed by atoms with E-state index in [1.165, 1.54) is 12.5 Å². The number of aliphatic carboxylic acids is 1. The fourth-order valence-electron chi connectivity index (χ4n) is 3.19. The van der Waals surface area contributed by atoms with Gasteiger partial charge in [0.15, 0.2) is 0 Å². The second-order valence-corrected chi connectivity index (χ2v) is 7.71. The average molecular weight is 484 g/mol. The van der Waals surface area contributed by atoms with Crippen LogP contribution in [-0.4, -0.2) is 47.8 Å². The van der Waals surface area contributed by atoms with Crippen LogP contribution in [0, 0.1) is 0 Å². The number of carbonyl (C=O) groups excluding carboxylic acids is 1. The Hall–Kier alpha value is -3.73. The molecule has 0 saturated carbocycles. The fraction of sp³-hybridized carbons (Fsp3) is 0.150. The lowest BCUT2D eigenvalue weighted by Crippen LogP contribution is -2.42. The third-order valence-corrected chi connectivity index (χ3v) is 5.23. The Bertz CT molecular complexity index is 1270. The maximum absolute atomic E-state index is 13.0. The number of aromatic nitrogens is 5. The Labute approximate surface area is 184 Å². The molecule has 4 rings (SSSR count). The lowest BCUT2D eigenvalue weighted by molar-refractivity contribution is -0.139. The van der Waals surface area contributed by atoms with Crippen molar-refractivity contribution < 1.29 is 14.7 Å². The molecule has 3 heterocycles. The summed E-state index contributed by atoms with van der Waals surface area (Å²) in [5, 5.41) is 19.9. The van der Waals surface area contributed by atoms with Gasteiger partial charge in [0.05, 0.1) is 10.9 Å². The summed E-state index contributed by atoms with van der Waals surface area (Å²) in [4.78, 5) is 36.1. The Morgan fingerprint density at radius 1 is 1.29 bits per heavy atom. The Morgan fingerprint density at radius 2 is 2.13 bits per heavy atom. The van der Waals surface area contributed by atoms with E-state index < -0.39 is 17.9 Å². The number of carboxylic acids is 1. The summed E-state index contributed by atoms with van der Waals surface area (Å²) in [6.07, 6.45) is 4.54. The van der Waals surface area contributed by atoms with Crippen LogP contribution in [0.3, 0.4) is 0 Å². The average Bonchev–Trinajstić information content (AvgIpc) is 3.34. The smallest absolute Gasteiger partial charge is 0.326 e. The first-order chi connectivity index (χ1) is 14.9. The standard InChI is InChI=1S/C20H18BrN7O3/c1-28-13(5-6-25-28)8-15(20(30)31)27-19(29)14-9-22-17-16(14)18(24-10-23-17)26-12-4-2-3-11(21)7-12/h2-7,9-10,15H,8H2,1H3,(H,27,29)(H,30,31)(H2,22,23,24,26). The fourth-order valence-corrected chi connectivity index (χ4v) is 3.59. The number of amides is 1. The van der Waals surface area contributed by atoms with E-state index in [1.807, 2.05) is 24.3 Å². The van der Waals surface area contributed by atoms with E-state index in [9.17, 15) is 14.7 Å². The summed E-state index contributed by atoms with van der Waals surface area (Å²) in [5.74, 6) is -1.26. The molecule has 0 radical (unpaired) electrons. The van der Waals surface area contributed by atoms with Gasteiger partial charge in [-0.1, -0.05) is 22.0 Å². The van der Waals surface area contributed by atoms with Crippen molar-refractivity contribution in [1.29, 1.82) is 0 Å². The summed E-state index contributed by atoms with van der Waals surface area (Å²) in [7, 11) is 1.72. The Morgan fingerprint density at radius 3 is 2.84 bits per heavy atom. The number of hydrogen-bond donors (Lipinski definition) is 4. The number of aryl methyl sites for hydroxylation is 1. The summed E-state index contributed by atoms with van der Waals surface area (Å²) in [6, 6.07) is 8.07. The molecule has 3 aromatic heterocycles. The molecule has 0 spiro atoms. The van der Waals surface area contributed by atoms with Gasteiger partial charge in [-0.2, -0.15) is 5.10 Å². The first-order valence-corrected chi connectivity index (χ1v) is 10.1. The summed E-state index contributed by atoms with van der Waals surface area (Å²) >= 11 is 3.42. The molecule has 0 aliphatic carbocycles. The monoisotopic (exact) mass is 483 g/mol. The van der Waals surface area contributed by atoms with E-state index in [4.69, 9.17) is 0 Å². The van der Waals surface area contributed by atoms with Crippen LogP contribution in [0.25, 0.3) is 11.0 Å². The molecule has 1 aromatic carbocycles. The molecule has 0 bridgehead atoms. The number of rotatable bonds is 7. The van der Waals surface area contributed by atoms with Gasteiger partial charge in [0.1, 0.15) is 23.8 Å².